The molecule has 1 aromatic carbocycles. The van der Waals surface area contributed by atoms with Gasteiger partial charge in [-0.2, -0.15) is 0 Å². The summed E-state index contributed by atoms with van der Waals surface area (Å²) in [7, 11) is 0. The first-order valence-corrected chi connectivity index (χ1v) is 6.65. The molecule has 1 heterocycles. The average molecular weight is 261 g/mol. The van der Waals surface area contributed by atoms with Crippen LogP contribution in [-0.4, -0.2) is 29.9 Å². The Kier molecular flexibility index (Phi) is 4.55. The molecule has 0 radical (unpaired) electrons. The monoisotopic (exact) mass is 261 g/mol. The van der Waals surface area contributed by atoms with E-state index < -0.39 is 0 Å². The highest BCUT2D eigenvalue weighted by Crippen LogP contribution is 2.14. The lowest BCUT2D eigenvalue weighted by Gasteiger charge is -2.19. The van der Waals surface area contributed by atoms with Crippen molar-refractivity contribution in [3.05, 3.63) is 35.9 Å². The first-order valence-electron chi connectivity index (χ1n) is 6.65. The molecule has 4 nitrogen and oxygen atoms in total. The number of hydrogen-bond donors (Lipinski definition) is 0. The first kappa shape index (κ1) is 13.6. The summed E-state index contributed by atoms with van der Waals surface area (Å²) in [5.74, 6) is 0.283. The summed E-state index contributed by atoms with van der Waals surface area (Å²) in [6.45, 7) is 3.26. The van der Waals surface area contributed by atoms with Gasteiger partial charge in [-0.05, 0) is 12.0 Å². The van der Waals surface area contributed by atoms with Crippen LogP contribution in [0.5, 0.6) is 0 Å². The zero-order chi connectivity index (χ0) is 13.7. The molecule has 1 unspecified atom stereocenters. The van der Waals surface area contributed by atoms with Gasteiger partial charge < -0.3 is 9.64 Å². The van der Waals surface area contributed by atoms with Crippen molar-refractivity contribution < 1.29 is 14.3 Å². The van der Waals surface area contributed by atoms with E-state index in [1.807, 2.05) is 37.3 Å². The third-order valence-corrected chi connectivity index (χ3v) is 3.47. The van der Waals surface area contributed by atoms with Crippen LogP contribution in [0.25, 0.3) is 0 Å². The zero-order valence-electron chi connectivity index (χ0n) is 11.2. The van der Waals surface area contributed by atoms with Crippen molar-refractivity contribution in [3.63, 3.8) is 0 Å². The summed E-state index contributed by atoms with van der Waals surface area (Å²) in [6, 6.07) is 9.58. The molecule has 0 spiro atoms. The predicted octanol–water partition coefficient (Wildman–Crippen LogP) is 2.62. The van der Waals surface area contributed by atoms with E-state index in [0.29, 0.717) is 19.5 Å². The van der Waals surface area contributed by atoms with E-state index in [2.05, 4.69) is 0 Å². The molecule has 0 N–H and O–H groups in total. The lowest BCUT2D eigenvalue weighted by molar-refractivity contribution is -0.122. The molecule has 0 saturated carbocycles. The van der Waals surface area contributed by atoms with Crippen molar-refractivity contribution in [1.29, 1.82) is 0 Å². The van der Waals surface area contributed by atoms with Crippen LogP contribution >= 0.6 is 0 Å². The van der Waals surface area contributed by atoms with Gasteiger partial charge in [-0.15, -0.1) is 0 Å². The Hall–Kier alpha value is -1.84. The van der Waals surface area contributed by atoms with Gasteiger partial charge in [-0.3, -0.25) is 4.79 Å². The Morgan fingerprint density at radius 3 is 2.79 bits per heavy atom. The Balaban J connectivity index is 1.84. The molecule has 0 bridgehead atoms. The Morgan fingerprint density at radius 2 is 2.05 bits per heavy atom. The molecule has 0 aromatic heterocycles. The van der Waals surface area contributed by atoms with Gasteiger partial charge in [0.2, 0.25) is 0 Å². The minimum Gasteiger partial charge on any atom is -0.445 e. The van der Waals surface area contributed by atoms with Gasteiger partial charge in [0.05, 0.1) is 0 Å². The molecular formula is C15H19NO3. The normalized spacial score (nSPS) is 19.9. The Bertz CT molecular complexity index is 444. The number of nitrogens with zero attached hydrogens (tertiary/aromatic N) is 1. The smallest absolute Gasteiger partial charge is 0.410 e. The van der Waals surface area contributed by atoms with Crippen LogP contribution in [0.3, 0.4) is 0 Å². The molecule has 102 valence electrons. The second-order valence-electron chi connectivity index (χ2n) is 4.93. The van der Waals surface area contributed by atoms with Gasteiger partial charge in [0, 0.05) is 25.4 Å². The summed E-state index contributed by atoms with van der Waals surface area (Å²) in [4.78, 5) is 25.1. The number of amides is 1. The molecule has 1 aliphatic heterocycles. The summed E-state index contributed by atoms with van der Waals surface area (Å²) < 4.78 is 5.27. The quantitative estimate of drug-likeness (QED) is 0.822. The predicted molar refractivity (Wildman–Crippen MR) is 71.6 cm³/mol. The number of ketones is 1. The number of ether oxygens (including phenoxy) is 1. The van der Waals surface area contributed by atoms with Gasteiger partial charge in [0.25, 0.3) is 0 Å². The van der Waals surface area contributed by atoms with Crippen LogP contribution in [0.2, 0.25) is 0 Å². The highest BCUT2D eigenvalue weighted by molar-refractivity contribution is 5.82. The van der Waals surface area contributed by atoms with Crippen molar-refractivity contribution in [1.82, 2.24) is 4.90 Å². The maximum Gasteiger partial charge on any atom is 0.410 e. The standard InChI is InChI=1S/C15H19NO3/c1-12-7-9-16(10-8-14(12)17)15(18)19-11-13-5-3-2-4-6-13/h2-6,12H,7-11H2,1H3. The molecular weight excluding hydrogens is 242 g/mol. The van der Waals surface area contributed by atoms with Gasteiger partial charge in [-0.25, -0.2) is 4.79 Å². The third-order valence-electron chi connectivity index (χ3n) is 3.47. The molecule has 1 aliphatic rings. The topological polar surface area (TPSA) is 46.6 Å². The number of carbonyl (C=O) groups is 2. The number of likely N-dealkylation sites (tertiary alicyclic amines) is 1. The highest BCUT2D eigenvalue weighted by atomic mass is 16.6. The van der Waals surface area contributed by atoms with E-state index in [9.17, 15) is 9.59 Å². The summed E-state index contributed by atoms with van der Waals surface area (Å²) in [5.41, 5.74) is 0.968. The fourth-order valence-corrected chi connectivity index (χ4v) is 2.11. The van der Waals surface area contributed by atoms with E-state index >= 15 is 0 Å². The van der Waals surface area contributed by atoms with Crippen LogP contribution in [-0.2, 0) is 16.1 Å². The van der Waals surface area contributed by atoms with Gasteiger partial charge >= 0.3 is 6.09 Å². The molecule has 4 heteroatoms. The van der Waals surface area contributed by atoms with Crippen LogP contribution in [0.15, 0.2) is 30.3 Å². The SMILES string of the molecule is CC1CCN(C(=O)OCc2ccccc2)CCC1=O. The van der Waals surface area contributed by atoms with E-state index in [-0.39, 0.29) is 24.4 Å². The van der Waals surface area contributed by atoms with Crippen LogP contribution in [0.1, 0.15) is 25.3 Å². The number of benzene rings is 1. The maximum absolute atomic E-state index is 11.9. The maximum atomic E-state index is 11.9. The average Bonchev–Trinajstić information content (AvgIpc) is 2.60. The van der Waals surface area contributed by atoms with E-state index in [0.717, 1.165) is 12.0 Å². The van der Waals surface area contributed by atoms with Crippen molar-refractivity contribution in [2.24, 2.45) is 5.92 Å². The summed E-state index contributed by atoms with van der Waals surface area (Å²) >= 11 is 0. The molecule has 19 heavy (non-hydrogen) atoms. The fraction of sp³-hybridized carbons (Fsp3) is 0.467. The van der Waals surface area contributed by atoms with Crippen molar-refractivity contribution >= 4 is 11.9 Å². The molecule has 1 aromatic rings. The van der Waals surface area contributed by atoms with Crippen LogP contribution < -0.4 is 0 Å². The molecule has 2 rings (SSSR count). The largest absolute Gasteiger partial charge is 0.445 e. The minimum absolute atomic E-state index is 0.0481. The number of Topliss-reactive ketones (excluding diaryl/α,β-unsaturated/α-hetero) is 1. The van der Waals surface area contributed by atoms with Crippen molar-refractivity contribution in [2.45, 2.75) is 26.4 Å². The number of hydrogen-bond acceptors (Lipinski definition) is 3. The van der Waals surface area contributed by atoms with Crippen molar-refractivity contribution in [3.8, 4) is 0 Å². The molecule has 1 atom stereocenters. The van der Waals surface area contributed by atoms with Gasteiger partial charge in [-0.1, -0.05) is 37.3 Å². The summed E-state index contributed by atoms with van der Waals surface area (Å²) in [6.07, 6.45) is 0.826. The lowest BCUT2D eigenvalue weighted by Crippen LogP contribution is -2.32. The highest BCUT2D eigenvalue weighted by Gasteiger charge is 2.24. The van der Waals surface area contributed by atoms with E-state index in [1.54, 1.807) is 4.90 Å². The van der Waals surface area contributed by atoms with Gasteiger partial charge in [0.15, 0.2) is 0 Å². The zero-order valence-corrected chi connectivity index (χ0v) is 11.2. The Labute approximate surface area is 113 Å². The van der Waals surface area contributed by atoms with Crippen LogP contribution in [0, 0.1) is 5.92 Å². The van der Waals surface area contributed by atoms with Crippen molar-refractivity contribution in [2.75, 3.05) is 13.1 Å². The third kappa shape index (κ3) is 3.81. The minimum atomic E-state index is -0.328. The fourth-order valence-electron chi connectivity index (χ4n) is 2.11. The molecule has 1 fully saturated rings. The Morgan fingerprint density at radius 1 is 1.32 bits per heavy atom. The van der Waals surface area contributed by atoms with E-state index in [4.69, 9.17) is 4.74 Å². The van der Waals surface area contributed by atoms with Gasteiger partial charge in [0.1, 0.15) is 12.4 Å². The molecule has 1 amide bonds. The summed E-state index contributed by atoms with van der Waals surface area (Å²) in [5, 5.41) is 0. The second-order valence-corrected chi connectivity index (χ2v) is 4.93. The van der Waals surface area contributed by atoms with E-state index in [1.165, 1.54) is 0 Å². The molecule has 1 saturated heterocycles. The first-order chi connectivity index (χ1) is 9.16. The number of carbonyl (C=O) groups excluding carboxylic acids is 2. The second kappa shape index (κ2) is 6.36. The van der Waals surface area contributed by atoms with Crippen LogP contribution in [0.4, 0.5) is 4.79 Å². The lowest BCUT2D eigenvalue weighted by atomic mass is 10.0. The number of rotatable bonds is 2. The molecule has 0 aliphatic carbocycles.